The van der Waals surface area contributed by atoms with E-state index in [2.05, 4.69) is 15.3 Å². The monoisotopic (exact) mass is 347 g/mol. The van der Waals surface area contributed by atoms with Crippen LogP contribution in [0, 0.1) is 0 Å². The zero-order valence-corrected chi connectivity index (χ0v) is 14.6. The Hall–Kier alpha value is -3.21. The van der Waals surface area contributed by atoms with E-state index in [9.17, 15) is 4.79 Å². The van der Waals surface area contributed by atoms with Crippen LogP contribution in [-0.4, -0.2) is 28.5 Å². The highest BCUT2D eigenvalue weighted by Crippen LogP contribution is 2.22. The first-order chi connectivity index (χ1) is 12.8. The summed E-state index contributed by atoms with van der Waals surface area (Å²) >= 11 is 0. The number of hydrogen-bond donors (Lipinski definition) is 1. The van der Waals surface area contributed by atoms with E-state index >= 15 is 0 Å². The molecule has 0 saturated heterocycles. The van der Waals surface area contributed by atoms with Crippen molar-refractivity contribution in [1.29, 1.82) is 0 Å². The van der Waals surface area contributed by atoms with Gasteiger partial charge in [0.1, 0.15) is 18.2 Å². The van der Waals surface area contributed by atoms with E-state index in [1.165, 1.54) is 6.33 Å². The van der Waals surface area contributed by atoms with Crippen LogP contribution in [0.25, 0.3) is 11.1 Å². The first-order valence-corrected chi connectivity index (χ1v) is 8.62. The molecule has 132 valence electrons. The van der Waals surface area contributed by atoms with Gasteiger partial charge in [0.25, 0.3) is 5.91 Å². The largest absolute Gasteiger partial charge is 0.489 e. The Balaban J connectivity index is 1.68. The van der Waals surface area contributed by atoms with E-state index in [0.29, 0.717) is 12.1 Å². The van der Waals surface area contributed by atoms with Crippen molar-refractivity contribution in [2.45, 2.75) is 19.4 Å². The van der Waals surface area contributed by atoms with E-state index in [-0.39, 0.29) is 12.0 Å². The molecule has 3 rings (SSSR count). The number of benzene rings is 2. The number of carbonyl (C=O) groups is 1. The maximum atomic E-state index is 12.7. The number of para-hydroxylation sites is 1. The summed E-state index contributed by atoms with van der Waals surface area (Å²) < 4.78 is 5.93. The average molecular weight is 347 g/mol. The van der Waals surface area contributed by atoms with Crippen LogP contribution in [0.15, 0.2) is 73.3 Å². The Morgan fingerprint density at radius 2 is 1.73 bits per heavy atom. The summed E-state index contributed by atoms with van der Waals surface area (Å²) in [5.74, 6) is 0.662. The maximum absolute atomic E-state index is 12.7. The van der Waals surface area contributed by atoms with Gasteiger partial charge >= 0.3 is 0 Å². The van der Waals surface area contributed by atoms with Crippen molar-refractivity contribution in [2.75, 3.05) is 6.54 Å². The lowest BCUT2D eigenvalue weighted by Gasteiger charge is -2.18. The molecule has 0 aliphatic heterocycles. The molecule has 1 unspecified atom stereocenters. The smallest absolute Gasteiger partial charge is 0.252 e. The zero-order chi connectivity index (χ0) is 18.2. The fourth-order valence-electron chi connectivity index (χ4n) is 2.63. The van der Waals surface area contributed by atoms with Crippen molar-refractivity contribution in [3.8, 4) is 16.9 Å². The third kappa shape index (κ3) is 4.45. The van der Waals surface area contributed by atoms with Crippen LogP contribution in [0.4, 0.5) is 0 Å². The summed E-state index contributed by atoms with van der Waals surface area (Å²) in [6, 6.07) is 17.1. The molecule has 0 bridgehead atoms. The number of aromatic nitrogens is 2. The third-order valence-corrected chi connectivity index (χ3v) is 4.03. The summed E-state index contributed by atoms with van der Waals surface area (Å²) in [6.45, 7) is 2.47. The Morgan fingerprint density at radius 3 is 2.46 bits per heavy atom. The first-order valence-electron chi connectivity index (χ1n) is 8.62. The van der Waals surface area contributed by atoms with Gasteiger partial charge < -0.3 is 10.1 Å². The van der Waals surface area contributed by atoms with Crippen molar-refractivity contribution >= 4 is 5.91 Å². The molecule has 26 heavy (non-hydrogen) atoms. The van der Waals surface area contributed by atoms with Gasteiger partial charge in [-0.2, -0.15) is 0 Å². The Kier molecular flexibility index (Phi) is 5.93. The Morgan fingerprint density at radius 1 is 1.04 bits per heavy atom. The molecule has 0 aliphatic rings. The molecule has 5 heteroatoms. The fraction of sp³-hybridized carbons (Fsp3) is 0.190. The van der Waals surface area contributed by atoms with E-state index in [1.54, 1.807) is 18.5 Å². The molecule has 0 radical (unpaired) electrons. The third-order valence-electron chi connectivity index (χ3n) is 4.03. The number of carbonyl (C=O) groups excluding carboxylic acids is 1. The summed E-state index contributed by atoms with van der Waals surface area (Å²) in [4.78, 5) is 20.8. The lowest BCUT2D eigenvalue weighted by molar-refractivity contribution is 0.0926. The second kappa shape index (κ2) is 8.76. The highest BCUT2D eigenvalue weighted by atomic mass is 16.5. The number of nitrogens with one attached hydrogen (secondary N) is 1. The SMILES string of the molecule is CCC(CNC(=O)c1ccccc1-c1cncnc1)Oc1ccccc1. The van der Waals surface area contributed by atoms with E-state index < -0.39 is 0 Å². The second-order valence-electron chi connectivity index (χ2n) is 5.84. The van der Waals surface area contributed by atoms with Crippen molar-refractivity contribution in [1.82, 2.24) is 15.3 Å². The van der Waals surface area contributed by atoms with Crippen LogP contribution in [0.3, 0.4) is 0 Å². The van der Waals surface area contributed by atoms with Gasteiger partial charge in [0.05, 0.1) is 6.54 Å². The minimum absolute atomic E-state index is 0.0893. The molecule has 3 aromatic rings. The molecule has 1 amide bonds. The molecule has 0 aliphatic carbocycles. The number of hydrogen-bond acceptors (Lipinski definition) is 4. The van der Waals surface area contributed by atoms with Crippen molar-refractivity contribution in [3.63, 3.8) is 0 Å². The molecular formula is C21H21N3O2. The predicted octanol–water partition coefficient (Wildman–Crippen LogP) is 3.73. The van der Waals surface area contributed by atoms with Crippen LogP contribution < -0.4 is 10.1 Å². The van der Waals surface area contributed by atoms with Gasteiger partial charge in [0, 0.05) is 23.5 Å². The summed E-state index contributed by atoms with van der Waals surface area (Å²) in [7, 11) is 0. The molecule has 0 fully saturated rings. The van der Waals surface area contributed by atoms with Crippen LogP contribution in [-0.2, 0) is 0 Å². The quantitative estimate of drug-likeness (QED) is 0.707. The van der Waals surface area contributed by atoms with Crippen molar-refractivity contribution < 1.29 is 9.53 Å². The van der Waals surface area contributed by atoms with E-state index in [0.717, 1.165) is 23.3 Å². The average Bonchev–Trinajstić information content (AvgIpc) is 2.72. The standard InChI is InChI=1S/C21H21N3O2/c1-2-17(26-18-8-4-3-5-9-18)14-24-21(25)20-11-7-6-10-19(20)16-12-22-15-23-13-16/h3-13,15,17H,2,14H2,1H3,(H,24,25). The molecule has 2 aromatic carbocycles. The van der Waals surface area contributed by atoms with Crippen LogP contribution >= 0.6 is 0 Å². The van der Waals surface area contributed by atoms with Crippen LogP contribution in [0.1, 0.15) is 23.7 Å². The van der Waals surface area contributed by atoms with Crippen molar-refractivity contribution in [2.24, 2.45) is 0 Å². The maximum Gasteiger partial charge on any atom is 0.252 e. The Labute approximate surface area is 153 Å². The van der Waals surface area contributed by atoms with Gasteiger partial charge in [0.2, 0.25) is 0 Å². The van der Waals surface area contributed by atoms with Gasteiger partial charge in [-0.05, 0) is 30.2 Å². The topological polar surface area (TPSA) is 64.1 Å². The van der Waals surface area contributed by atoms with Gasteiger partial charge in [-0.25, -0.2) is 9.97 Å². The first kappa shape index (κ1) is 17.6. The molecule has 0 saturated carbocycles. The number of amides is 1. The lowest BCUT2D eigenvalue weighted by Crippen LogP contribution is -2.35. The zero-order valence-electron chi connectivity index (χ0n) is 14.6. The number of rotatable bonds is 7. The molecule has 0 spiro atoms. The van der Waals surface area contributed by atoms with Gasteiger partial charge in [-0.15, -0.1) is 0 Å². The molecule has 1 atom stereocenters. The number of nitrogens with zero attached hydrogens (tertiary/aromatic N) is 2. The fourth-order valence-corrected chi connectivity index (χ4v) is 2.63. The lowest BCUT2D eigenvalue weighted by atomic mass is 10.0. The van der Waals surface area contributed by atoms with Crippen LogP contribution in [0.2, 0.25) is 0 Å². The van der Waals surface area contributed by atoms with Crippen molar-refractivity contribution in [3.05, 3.63) is 78.9 Å². The predicted molar refractivity (Wildman–Crippen MR) is 101 cm³/mol. The highest BCUT2D eigenvalue weighted by molar-refractivity contribution is 6.00. The summed E-state index contributed by atoms with van der Waals surface area (Å²) in [6.07, 6.45) is 5.58. The van der Waals surface area contributed by atoms with E-state index in [1.807, 2.05) is 55.5 Å². The van der Waals surface area contributed by atoms with Gasteiger partial charge in [-0.1, -0.05) is 43.3 Å². The Bertz CT molecular complexity index is 838. The van der Waals surface area contributed by atoms with Gasteiger partial charge in [0.15, 0.2) is 0 Å². The minimum atomic E-state index is -0.139. The summed E-state index contributed by atoms with van der Waals surface area (Å²) in [5.41, 5.74) is 2.21. The molecule has 1 aromatic heterocycles. The normalized spacial score (nSPS) is 11.6. The summed E-state index contributed by atoms with van der Waals surface area (Å²) in [5, 5.41) is 2.98. The van der Waals surface area contributed by atoms with Crippen LogP contribution in [0.5, 0.6) is 5.75 Å². The molecule has 1 heterocycles. The number of ether oxygens (including phenoxy) is 1. The molecule has 1 N–H and O–H groups in total. The van der Waals surface area contributed by atoms with Gasteiger partial charge in [-0.3, -0.25) is 4.79 Å². The molecular weight excluding hydrogens is 326 g/mol. The minimum Gasteiger partial charge on any atom is -0.489 e. The highest BCUT2D eigenvalue weighted by Gasteiger charge is 2.15. The second-order valence-corrected chi connectivity index (χ2v) is 5.84. The van der Waals surface area contributed by atoms with E-state index in [4.69, 9.17) is 4.74 Å². The molecule has 5 nitrogen and oxygen atoms in total.